The fourth-order valence-corrected chi connectivity index (χ4v) is 6.89. The number of amides is 6. The zero-order valence-electron chi connectivity index (χ0n) is 30.0. The van der Waals surface area contributed by atoms with E-state index in [-0.39, 0.29) is 66.5 Å². The molecule has 3 aromatic carbocycles. The Morgan fingerprint density at radius 1 is 1.00 bits per heavy atom. The van der Waals surface area contributed by atoms with Crippen LogP contribution in [0, 0.1) is 0 Å². The number of phenolic OH excluding ortho intramolecular Hbond substituents is 1. The second-order valence-electron chi connectivity index (χ2n) is 14.2. The van der Waals surface area contributed by atoms with Gasteiger partial charge in [-0.3, -0.25) is 44.0 Å². The number of benzene rings is 3. The minimum atomic E-state index is -1.08. The second-order valence-corrected chi connectivity index (χ2v) is 14.2. The van der Waals surface area contributed by atoms with Gasteiger partial charge in [-0.25, -0.2) is 0 Å². The van der Waals surface area contributed by atoms with Crippen LogP contribution in [0.4, 0.5) is 5.69 Å². The van der Waals surface area contributed by atoms with Gasteiger partial charge in [-0.05, 0) is 65.8 Å². The summed E-state index contributed by atoms with van der Waals surface area (Å²) in [5.41, 5.74) is 3.08. The van der Waals surface area contributed by atoms with Crippen LogP contribution in [-0.4, -0.2) is 69.6 Å². The molecule has 3 heterocycles. The number of pyridine rings is 1. The van der Waals surface area contributed by atoms with E-state index in [1.807, 2.05) is 25.1 Å². The Labute approximate surface area is 306 Å². The van der Waals surface area contributed by atoms with Crippen molar-refractivity contribution in [3.05, 3.63) is 100 Å². The number of aromatic hydroxyl groups is 1. The van der Waals surface area contributed by atoms with Crippen LogP contribution in [0.2, 0.25) is 0 Å². The number of carbonyl (C=O) groups excluding carboxylic acids is 6. The highest BCUT2D eigenvalue weighted by molar-refractivity contribution is 6.25. The first-order valence-corrected chi connectivity index (χ1v) is 17.7. The lowest BCUT2D eigenvalue weighted by molar-refractivity contribution is -0.136. The fraction of sp³-hybridized carbons (Fsp3) is 0.325. The van der Waals surface area contributed by atoms with Crippen LogP contribution in [0.25, 0.3) is 10.9 Å². The maximum absolute atomic E-state index is 13.4. The fourth-order valence-electron chi connectivity index (χ4n) is 6.89. The van der Waals surface area contributed by atoms with Crippen LogP contribution in [0.3, 0.4) is 0 Å². The molecule has 0 radical (unpaired) electrons. The topological polar surface area (TPSA) is 187 Å². The van der Waals surface area contributed by atoms with E-state index in [1.54, 1.807) is 42.6 Å². The van der Waals surface area contributed by atoms with E-state index in [1.165, 1.54) is 6.07 Å². The van der Waals surface area contributed by atoms with Crippen LogP contribution >= 0.6 is 0 Å². The van der Waals surface area contributed by atoms with Crippen molar-refractivity contribution in [2.45, 2.75) is 70.9 Å². The average Bonchev–Trinajstić information content (AvgIpc) is 3.38. The predicted molar refractivity (Wildman–Crippen MR) is 197 cm³/mol. The molecule has 5 N–H and O–H groups in total. The Hall–Kier alpha value is -6.11. The molecule has 0 spiro atoms. The van der Waals surface area contributed by atoms with Crippen molar-refractivity contribution in [3.8, 4) is 5.75 Å². The standard InChI is InChI=1S/C40H42N6O7/c1-5-9-30(47)44-33(26-21-27(40(2,3)4)24-13-8-17-42-34(24)35(26)49)22-10-6-11-23(20-22)36(50)43-19-18-41-28-14-7-12-25-32(28)39(53)46(38(25)52)29-15-16-31(48)45-37(29)51/h6-8,10-14,17,20-21,29,33,41,49H,5,9,15-16,18-19H2,1-4H3,(H,43,50)(H,44,47)(H,45,48,51). The molecule has 2 unspecified atom stereocenters. The van der Waals surface area contributed by atoms with Gasteiger partial charge in [-0.15, -0.1) is 0 Å². The van der Waals surface area contributed by atoms with Gasteiger partial charge in [0.1, 0.15) is 17.3 Å². The Balaban J connectivity index is 1.19. The molecule has 1 saturated heterocycles. The monoisotopic (exact) mass is 718 g/mol. The Kier molecular flexibility index (Phi) is 10.3. The molecule has 2 aliphatic heterocycles. The number of imide groups is 2. The first-order valence-electron chi connectivity index (χ1n) is 17.7. The molecule has 2 aliphatic rings. The van der Waals surface area contributed by atoms with E-state index in [4.69, 9.17) is 0 Å². The molecule has 13 heteroatoms. The van der Waals surface area contributed by atoms with Crippen LogP contribution < -0.4 is 21.3 Å². The van der Waals surface area contributed by atoms with Crippen molar-refractivity contribution in [2.75, 3.05) is 18.4 Å². The zero-order chi connectivity index (χ0) is 38.0. The number of nitrogens with one attached hydrogen (secondary N) is 4. The highest BCUT2D eigenvalue weighted by atomic mass is 16.3. The van der Waals surface area contributed by atoms with Gasteiger partial charge in [0.15, 0.2) is 0 Å². The number of piperidine rings is 1. The van der Waals surface area contributed by atoms with Gasteiger partial charge < -0.3 is 21.1 Å². The Bertz CT molecular complexity index is 2160. The van der Waals surface area contributed by atoms with Crippen LogP contribution in [0.15, 0.2) is 66.9 Å². The Morgan fingerprint density at radius 2 is 1.77 bits per heavy atom. The number of hydrogen-bond acceptors (Lipinski definition) is 9. The van der Waals surface area contributed by atoms with Crippen molar-refractivity contribution in [1.29, 1.82) is 0 Å². The smallest absolute Gasteiger partial charge is 0.264 e. The van der Waals surface area contributed by atoms with Gasteiger partial charge in [-0.2, -0.15) is 0 Å². The first-order chi connectivity index (χ1) is 25.3. The van der Waals surface area contributed by atoms with Crippen molar-refractivity contribution < 1.29 is 33.9 Å². The van der Waals surface area contributed by atoms with E-state index in [9.17, 15) is 33.9 Å². The molecule has 0 aliphatic carbocycles. The van der Waals surface area contributed by atoms with E-state index >= 15 is 0 Å². The largest absolute Gasteiger partial charge is 0.505 e. The average molecular weight is 719 g/mol. The van der Waals surface area contributed by atoms with Gasteiger partial charge in [0.2, 0.25) is 17.7 Å². The SMILES string of the molecule is CCCC(=O)NC(c1cccc(C(=O)NCCNc2cccc3c2C(=O)N(C2CCC(=O)NC2=O)C3=O)c1)c1cc(C(C)(C)C)c2cccnc2c1O. The van der Waals surface area contributed by atoms with Gasteiger partial charge in [0, 0.05) is 54.3 Å². The van der Waals surface area contributed by atoms with Gasteiger partial charge in [-0.1, -0.05) is 52.0 Å². The number of carbonyl (C=O) groups is 6. The number of rotatable bonds is 11. The summed E-state index contributed by atoms with van der Waals surface area (Å²) >= 11 is 0. The van der Waals surface area contributed by atoms with Crippen molar-refractivity contribution in [3.63, 3.8) is 0 Å². The molecular formula is C40H42N6O7. The number of fused-ring (bicyclic) bond motifs is 2. The van der Waals surface area contributed by atoms with Gasteiger partial charge >= 0.3 is 0 Å². The zero-order valence-corrected chi connectivity index (χ0v) is 30.0. The minimum Gasteiger partial charge on any atom is -0.505 e. The number of hydrogen-bond donors (Lipinski definition) is 5. The molecule has 2 atom stereocenters. The quantitative estimate of drug-likeness (QED) is 0.110. The molecule has 0 saturated carbocycles. The van der Waals surface area contributed by atoms with Crippen LogP contribution in [-0.2, 0) is 19.8 Å². The molecule has 0 bridgehead atoms. The van der Waals surface area contributed by atoms with Crippen molar-refractivity contribution >= 4 is 52.0 Å². The van der Waals surface area contributed by atoms with E-state index in [2.05, 4.69) is 47.0 Å². The molecular weight excluding hydrogens is 676 g/mol. The summed E-state index contributed by atoms with van der Waals surface area (Å²) in [6.45, 7) is 8.46. The molecule has 274 valence electrons. The van der Waals surface area contributed by atoms with E-state index in [0.717, 1.165) is 15.8 Å². The van der Waals surface area contributed by atoms with Gasteiger partial charge in [0.25, 0.3) is 17.7 Å². The summed E-state index contributed by atoms with van der Waals surface area (Å²) in [5, 5.41) is 23.6. The molecule has 6 rings (SSSR count). The molecule has 1 fully saturated rings. The third-order valence-electron chi connectivity index (χ3n) is 9.47. The molecule has 53 heavy (non-hydrogen) atoms. The van der Waals surface area contributed by atoms with Crippen LogP contribution in [0.5, 0.6) is 5.75 Å². The summed E-state index contributed by atoms with van der Waals surface area (Å²) < 4.78 is 0. The van der Waals surface area contributed by atoms with Crippen molar-refractivity contribution in [2.24, 2.45) is 0 Å². The lowest BCUT2D eigenvalue weighted by Gasteiger charge is -2.27. The third-order valence-corrected chi connectivity index (χ3v) is 9.47. The lowest BCUT2D eigenvalue weighted by Crippen LogP contribution is -2.54. The maximum atomic E-state index is 13.4. The second kappa shape index (κ2) is 14.9. The summed E-state index contributed by atoms with van der Waals surface area (Å²) in [7, 11) is 0. The van der Waals surface area contributed by atoms with E-state index in [0.29, 0.717) is 34.3 Å². The molecule has 4 aromatic rings. The maximum Gasteiger partial charge on any atom is 0.264 e. The number of anilines is 1. The number of aromatic nitrogens is 1. The van der Waals surface area contributed by atoms with Crippen LogP contribution in [0.1, 0.15) is 107 Å². The predicted octanol–water partition coefficient (Wildman–Crippen LogP) is 4.49. The van der Waals surface area contributed by atoms with Crippen molar-refractivity contribution in [1.82, 2.24) is 25.8 Å². The van der Waals surface area contributed by atoms with Gasteiger partial charge in [0.05, 0.1) is 17.2 Å². The normalized spacial score (nSPS) is 16.3. The summed E-state index contributed by atoms with van der Waals surface area (Å²) in [6.07, 6.45) is 2.59. The summed E-state index contributed by atoms with van der Waals surface area (Å²) in [6, 6.07) is 15.4. The lowest BCUT2D eigenvalue weighted by atomic mass is 9.81. The first kappa shape index (κ1) is 36.7. The summed E-state index contributed by atoms with van der Waals surface area (Å²) in [5.74, 6) is -3.02. The molecule has 1 aromatic heterocycles. The number of nitrogens with zero attached hydrogens (tertiary/aromatic N) is 2. The third kappa shape index (κ3) is 7.32. The number of phenols is 1. The Morgan fingerprint density at radius 3 is 2.51 bits per heavy atom. The van der Waals surface area contributed by atoms with E-state index < -0.39 is 35.7 Å². The minimum absolute atomic E-state index is 0.0210. The highest BCUT2D eigenvalue weighted by Gasteiger charge is 2.45. The molecule has 6 amide bonds. The molecule has 13 nitrogen and oxygen atoms in total. The summed E-state index contributed by atoms with van der Waals surface area (Å²) in [4.78, 5) is 82.5. The highest BCUT2D eigenvalue weighted by Crippen LogP contribution is 2.40.